The minimum Gasteiger partial charge on any atom is -0.493 e. The molecular formula is C17H20N2O8. The number of esters is 2. The van der Waals surface area contributed by atoms with Crippen molar-refractivity contribution < 1.29 is 38.1 Å². The smallest absolute Gasteiger partial charge is 0.355 e. The lowest BCUT2D eigenvalue weighted by Crippen LogP contribution is -2.39. The Hall–Kier alpha value is -3.27. The molecule has 1 amide bonds. The van der Waals surface area contributed by atoms with Gasteiger partial charge in [-0.15, -0.1) is 0 Å². The molecule has 1 aromatic carbocycles. The fourth-order valence-corrected chi connectivity index (χ4v) is 2.62. The summed E-state index contributed by atoms with van der Waals surface area (Å²) in [6.45, 7) is -0.298. The predicted molar refractivity (Wildman–Crippen MR) is 92.4 cm³/mol. The van der Waals surface area contributed by atoms with E-state index in [0.717, 1.165) is 0 Å². The van der Waals surface area contributed by atoms with Crippen LogP contribution in [0.5, 0.6) is 11.5 Å². The van der Waals surface area contributed by atoms with E-state index in [-0.39, 0.29) is 47.4 Å². The molecule has 0 atom stereocenters. The molecule has 10 nitrogen and oxygen atoms in total. The van der Waals surface area contributed by atoms with Crippen molar-refractivity contribution in [3.05, 3.63) is 29.0 Å². The van der Waals surface area contributed by atoms with E-state index in [1.807, 2.05) is 0 Å². The normalized spacial score (nSPS) is 13.9. The van der Waals surface area contributed by atoms with Crippen molar-refractivity contribution in [3.8, 4) is 11.5 Å². The first-order chi connectivity index (χ1) is 12.9. The van der Waals surface area contributed by atoms with E-state index < -0.39 is 17.8 Å². The molecule has 1 aliphatic heterocycles. The number of primary amides is 1. The molecule has 1 heterocycles. The molecule has 0 saturated heterocycles. The van der Waals surface area contributed by atoms with Crippen LogP contribution in [-0.2, 0) is 23.8 Å². The maximum Gasteiger partial charge on any atom is 0.355 e. The van der Waals surface area contributed by atoms with Gasteiger partial charge in [-0.05, 0) is 6.07 Å². The molecule has 146 valence electrons. The van der Waals surface area contributed by atoms with Crippen LogP contribution in [0.4, 0.5) is 5.69 Å². The number of anilines is 1. The second-order valence-corrected chi connectivity index (χ2v) is 5.30. The summed E-state index contributed by atoms with van der Waals surface area (Å²) in [6.07, 6.45) is 0. The minimum atomic E-state index is -0.802. The third kappa shape index (κ3) is 3.80. The number of carbonyl (C=O) groups excluding carboxylic acids is 3. The molecule has 10 heteroatoms. The molecule has 0 saturated carbocycles. The number of amides is 1. The van der Waals surface area contributed by atoms with Gasteiger partial charge in [0.05, 0.1) is 51.9 Å². The van der Waals surface area contributed by atoms with Crippen molar-refractivity contribution in [2.24, 2.45) is 5.73 Å². The number of rotatable bonds is 6. The third-order valence-electron chi connectivity index (χ3n) is 3.89. The van der Waals surface area contributed by atoms with E-state index in [2.05, 4.69) is 0 Å². The standard InChI is InChI=1S/C17H20N2O8/c1-23-12-5-9(15(18)20)11(6-13(12)24-2)19-8-27-7-10(16(21)25-3)14(19)17(22)26-4/h5-6H,7-8H2,1-4H3,(H2,18,20). The highest BCUT2D eigenvalue weighted by Crippen LogP contribution is 2.38. The van der Waals surface area contributed by atoms with E-state index in [0.29, 0.717) is 0 Å². The molecule has 0 bridgehead atoms. The summed E-state index contributed by atoms with van der Waals surface area (Å²) in [6, 6.07) is 2.82. The monoisotopic (exact) mass is 380 g/mol. The Kier molecular flexibility index (Phi) is 6.24. The van der Waals surface area contributed by atoms with Crippen LogP contribution < -0.4 is 20.1 Å². The molecule has 2 N–H and O–H groups in total. The zero-order valence-corrected chi connectivity index (χ0v) is 15.4. The van der Waals surface area contributed by atoms with Crippen LogP contribution >= 0.6 is 0 Å². The molecule has 27 heavy (non-hydrogen) atoms. The summed E-state index contributed by atoms with van der Waals surface area (Å²) >= 11 is 0. The van der Waals surface area contributed by atoms with Crippen molar-refractivity contribution in [2.75, 3.05) is 46.7 Å². The van der Waals surface area contributed by atoms with E-state index >= 15 is 0 Å². The van der Waals surface area contributed by atoms with Crippen molar-refractivity contribution in [1.82, 2.24) is 0 Å². The SMILES string of the molecule is COC(=O)C1=C(C(=O)OC)N(c2cc(OC)c(OC)cc2C(N)=O)COC1. The van der Waals surface area contributed by atoms with Gasteiger partial charge < -0.3 is 34.3 Å². The van der Waals surface area contributed by atoms with E-state index in [4.69, 9.17) is 29.4 Å². The van der Waals surface area contributed by atoms with Crippen molar-refractivity contribution in [1.29, 1.82) is 0 Å². The maximum absolute atomic E-state index is 12.4. The average Bonchev–Trinajstić information content (AvgIpc) is 2.70. The summed E-state index contributed by atoms with van der Waals surface area (Å²) in [5.74, 6) is -1.79. The Morgan fingerprint density at radius 3 is 2.11 bits per heavy atom. The topological polar surface area (TPSA) is 127 Å². The van der Waals surface area contributed by atoms with Gasteiger partial charge in [-0.2, -0.15) is 0 Å². The van der Waals surface area contributed by atoms with Gasteiger partial charge in [-0.1, -0.05) is 0 Å². The lowest BCUT2D eigenvalue weighted by Gasteiger charge is -2.32. The molecule has 0 aliphatic carbocycles. The van der Waals surface area contributed by atoms with Crippen LogP contribution in [0.15, 0.2) is 23.4 Å². The molecule has 0 spiro atoms. The van der Waals surface area contributed by atoms with Crippen molar-refractivity contribution in [3.63, 3.8) is 0 Å². The van der Waals surface area contributed by atoms with Crippen LogP contribution in [0.25, 0.3) is 0 Å². The highest BCUT2D eigenvalue weighted by Gasteiger charge is 2.34. The van der Waals surface area contributed by atoms with Gasteiger partial charge in [0.15, 0.2) is 11.5 Å². The quantitative estimate of drug-likeness (QED) is 0.688. The number of carbonyl (C=O) groups is 3. The molecule has 0 fully saturated rings. The van der Waals surface area contributed by atoms with Gasteiger partial charge in [-0.25, -0.2) is 9.59 Å². The number of nitrogens with two attached hydrogens (primary N) is 1. The first kappa shape index (κ1) is 20.0. The first-order valence-electron chi connectivity index (χ1n) is 7.70. The van der Waals surface area contributed by atoms with Crippen LogP contribution in [0, 0.1) is 0 Å². The summed E-state index contributed by atoms with van der Waals surface area (Å²) in [5.41, 5.74) is 5.52. The fourth-order valence-electron chi connectivity index (χ4n) is 2.62. The molecule has 2 rings (SSSR count). The zero-order valence-electron chi connectivity index (χ0n) is 15.4. The van der Waals surface area contributed by atoms with Gasteiger partial charge in [-0.3, -0.25) is 4.79 Å². The maximum atomic E-state index is 12.4. The Morgan fingerprint density at radius 2 is 1.59 bits per heavy atom. The number of hydrogen-bond acceptors (Lipinski definition) is 9. The molecular weight excluding hydrogens is 360 g/mol. The molecule has 0 radical (unpaired) electrons. The molecule has 1 aliphatic rings. The van der Waals surface area contributed by atoms with E-state index in [1.54, 1.807) is 0 Å². The number of nitrogens with zero attached hydrogens (tertiary/aromatic N) is 1. The van der Waals surface area contributed by atoms with Crippen molar-refractivity contribution >= 4 is 23.5 Å². The van der Waals surface area contributed by atoms with E-state index in [1.165, 1.54) is 45.5 Å². The summed E-state index contributed by atoms with van der Waals surface area (Å²) < 4.78 is 25.3. The summed E-state index contributed by atoms with van der Waals surface area (Å²) in [7, 11) is 5.16. The molecule has 1 aromatic rings. The largest absolute Gasteiger partial charge is 0.493 e. The predicted octanol–water partition coefficient (Wildman–Crippen LogP) is 0.197. The van der Waals surface area contributed by atoms with E-state index in [9.17, 15) is 14.4 Å². The van der Waals surface area contributed by atoms with Crippen LogP contribution in [0.2, 0.25) is 0 Å². The number of ether oxygens (including phenoxy) is 5. The second-order valence-electron chi connectivity index (χ2n) is 5.30. The van der Waals surface area contributed by atoms with Gasteiger partial charge in [0.2, 0.25) is 0 Å². The Balaban J connectivity index is 2.75. The number of benzene rings is 1. The average molecular weight is 380 g/mol. The van der Waals surface area contributed by atoms with Crippen molar-refractivity contribution in [2.45, 2.75) is 0 Å². The fraction of sp³-hybridized carbons (Fsp3) is 0.353. The highest BCUT2D eigenvalue weighted by molar-refractivity contribution is 6.06. The van der Waals surface area contributed by atoms with Crippen LogP contribution in [-0.4, -0.2) is 59.6 Å². The third-order valence-corrected chi connectivity index (χ3v) is 3.89. The lowest BCUT2D eigenvalue weighted by atomic mass is 10.1. The highest BCUT2D eigenvalue weighted by atomic mass is 16.5. The van der Waals surface area contributed by atoms with Gasteiger partial charge in [0, 0.05) is 6.07 Å². The molecule has 0 aromatic heterocycles. The zero-order chi connectivity index (χ0) is 20.1. The first-order valence-corrected chi connectivity index (χ1v) is 7.70. The second kappa shape index (κ2) is 8.41. The Morgan fingerprint density at radius 1 is 1.00 bits per heavy atom. The Labute approximate surface area is 155 Å². The van der Waals surface area contributed by atoms with Gasteiger partial charge >= 0.3 is 11.9 Å². The van der Waals surface area contributed by atoms with Crippen LogP contribution in [0.1, 0.15) is 10.4 Å². The number of hydrogen-bond donors (Lipinski definition) is 1. The minimum absolute atomic E-state index is 0.0313. The van der Waals surface area contributed by atoms with Gasteiger partial charge in [0.25, 0.3) is 5.91 Å². The Bertz CT molecular complexity index is 802. The van der Waals surface area contributed by atoms with Crippen LogP contribution in [0.3, 0.4) is 0 Å². The molecule has 0 unspecified atom stereocenters. The summed E-state index contributed by atoms with van der Waals surface area (Å²) in [5, 5.41) is 0. The summed E-state index contributed by atoms with van der Waals surface area (Å²) in [4.78, 5) is 37.7. The number of methoxy groups -OCH3 is 4. The van der Waals surface area contributed by atoms with Gasteiger partial charge in [0.1, 0.15) is 12.4 Å². The lowest BCUT2D eigenvalue weighted by molar-refractivity contribution is -0.140.